The van der Waals surface area contributed by atoms with Crippen LogP contribution in [0.15, 0.2) is 50.5 Å². The molecule has 1 heterocycles. The van der Waals surface area contributed by atoms with E-state index in [0.29, 0.717) is 14.6 Å². The number of carboxylic acid groups (broad SMARTS) is 1. The molecule has 0 fully saturated rings. The number of nitrogens with zero attached hydrogens (tertiary/aromatic N) is 1. The molecular formula is C12H8Br2N2O4S. The number of aromatic nitrogens is 1. The molecule has 0 bridgehead atoms. The van der Waals surface area contributed by atoms with Gasteiger partial charge in [-0.2, -0.15) is 8.42 Å². The molecule has 0 aliphatic heterocycles. The molecule has 0 unspecified atom stereocenters. The van der Waals surface area contributed by atoms with Crippen molar-refractivity contribution in [1.82, 2.24) is 4.98 Å². The number of pyridine rings is 1. The minimum Gasteiger partial charge on any atom is -0.478 e. The summed E-state index contributed by atoms with van der Waals surface area (Å²) in [5.74, 6) is -1.17. The zero-order chi connectivity index (χ0) is 15.6. The van der Waals surface area contributed by atoms with E-state index in [1.54, 1.807) is 18.2 Å². The number of nitrogens with one attached hydrogen (secondary N) is 1. The Morgan fingerprint density at radius 3 is 2.48 bits per heavy atom. The topological polar surface area (TPSA) is 96.4 Å². The molecule has 6 nitrogen and oxygen atoms in total. The van der Waals surface area contributed by atoms with Gasteiger partial charge in [0.05, 0.1) is 11.3 Å². The van der Waals surface area contributed by atoms with Gasteiger partial charge in [-0.1, -0.05) is 15.9 Å². The minimum absolute atomic E-state index is 0.0856. The summed E-state index contributed by atoms with van der Waals surface area (Å²) in [5.41, 5.74) is 0.256. The Kier molecular flexibility index (Phi) is 4.64. The molecule has 1 aromatic heterocycles. The van der Waals surface area contributed by atoms with Crippen molar-refractivity contribution >= 4 is 53.5 Å². The molecule has 0 aliphatic carbocycles. The molecule has 0 saturated heterocycles. The maximum atomic E-state index is 12.2. The first kappa shape index (κ1) is 15.9. The van der Waals surface area contributed by atoms with E-state index in [2.05, 4.69) is 41.6 Å². The van der Waals surface area contributed by atoms with E-state index in [1.807, 2.05) is 0 Å². The Morgan fingerprint density at radius 2 is 1.90 bits per heavy atom. The number of halogens is 2. The number of hydrogen-bond donors (Lipinski definition) is 2. The van der Waals surface area contributed by atoms with Crippen LogP contribution < -0.4 is 4.72 Å². The summed E-state index contributed by atoms with van der Waals surface area (Å²) in [6.07, 6.45) is 0.993. The first-order chi connectivity index (χ1) is 9.79. The number of anilines is 1. The normalized spacial score (nSPS) is 11.1. The van der Waals surface area contributed by atoms with Crippen molar-refractivity contribution in [2.24, 2.45) is 0 Å². The van der Waals surface area contributed by atoms with E-state index >= 15 is 0 Å². The number of benzene rings is 1. The van der Waals surface area contributed by atoms with Crippen molar-refractivity contribution in [2.75, 3.05) is 4.72 Å². The van der Waals surface area contributed by atoms with Crippen molar-refractivity contribution < 1.29 is 18.3 Å². The largest absolute Gasteiger partial charge is 0.478 e. The third-order valence-electron chi connectivity index (χ3n) is 2.43. The van der Waals surface area contributed by atoms with Gasteiger partial charge in [0, 0.05) is 15.1 Å². The van der Waals surface area contributed by atoms with Crippen LogP contribution >= 0.6 is 31.9 Å². The summed E-state index contributed by atoms with van der Waals surface area (Å²) >= 11 is 6.49. The van der Waals surface area contributed by atoms with Crippen LogP contribution in [0.2, 0.25) is 0 Å². The van der Waals surface area contributed by atoms with Crippen LogP contribution in [0.1, 0.15) is 10.4 Å². The predicted molar refractivity (Wildman–Crippen MR) is 83.8 cm³/mol. The molecule has 0 amide bonds. The van der Waals surface area contributed by atoms with Gasteiger partial charge in [0.25, 0.3) is 10.0 Å². The second-order valence-electron chi connectivity index (χ2n) is 3.92. The monoisotopic (exact) mass is 434 g/mol. The molecule has 0 radical (unpaired) electrons. The lowest BCUT2D eigenvalue weighted by Gasteiger charge is -2.09. The van der Waals surface area contributed by atoms with Crippen molar-refractivity contribution in [2.45, 2.75) is 5.03 Å². The van der Waals surface area contributed by atoms with Crippen molar-refractivity contribution in [1.29, 1.82) is 0 Å². The molecule has 2 N–H and O–H groups in total. The van der Waals surface area contributed by atoms with Crippen LogP contribution in [0.25, 0.3) is 0 Å². The van der Waals surface area contributed by atoms with Gasteiger partial charge in [-0.05, 0) is 46.3 Å². The van der Waals surface area contributed by atoms with Crippen molar-refractivity contribution in [3.8, 4) is 0 Å². The number of carboxylic acids is 1. The highest BCUT2D eigenvalue weighted by Crippen LogP contribution is 2.28. The first-order valence-corrected chi connectivity index (χ1v) is 8.54. The highest BCUT2D eigenvalue weighted by Gasteiger charge is 2.18. The first-order valence-electron chi connectivity index (χ1n) is 5.47. The van der Waals surface area contributed by atoms with Crippen molar-refractivity contribution in [3.05, 3.63) is 51.0 Å². The van der Waals surface area contributed by atoms with Gasteiger partial charge in [-0.25, -0.2) is 9.78 Å². The fraction of sp³-hybridized carbons (Fsp3) is 0. The zero-order valence-electron chi connectivity index (χ0n) is 10.2. The van der Waals surface area contributed by atoms with E-state index in [1.165, 1.54) is 6.07 Å². The van der Waals surface area contributed by atoms with Gasteiger partial charge in [-0.3, -0.25) is 4.72 Å². The van der Waals surface area contributed by atoms with Crippen LogP contribution in [0.5, 0.6) is 0 Å². The lowest BCUT2D eigenvalue weighted by atomic mass is 10.3. The molecule has 0 spiro atoms. The summed E-state index contributed by atoms with van der Waals surface area (Å²) in [4.78, 5) is 14.4. The van der Waals surface area contributed by atoms with Gasteiger partial charge in [-0.15, -0.1) is 0 Å². The van der Waals surface area contributed by atoms with E-state index in [9.17, 15) is 13.2 Å². The maximum absolute atomic E-state index is 12.2. The van der Waals surface area contributed by atoms with Crippen LogP contribution in [0, 0.1) is 0 Å². The van der Waals surface area contributed by atoms with Gasteiger partial charge >= 0.3 is 5.97 Å². The Hall–Kier alpha value is -1.45. The number of rotatable bonds is 4. The fourth-order valence-corrected chi connectivity index (χ4v) is 3.28. The molecule has 110 valence electrons. The van der Waals surface area contributed by atoms with Gasteiger partial charge in [0.2, 0.25) is 0 Å². The average Bonchev–Trinajstić information content (AvgIpc) is 2.43. The van der Waals surface area contributed by atoms with E-state index in [-0.39, 0.29) is 10.6 Å². The van der Waals surface area contributed by atoms with Crippen LogP contribution in [-0.2, 0) is 10.0 Å². The number of hydrogen-bond acceptors (Lipinski definition) is 4. The average molecular weight is 436 g/mol. The molecule has 9 heteroatoms. The van der Waals surface area contributed by atoms with Crippen molar-refractivity contribution in [3.63, 3.8) is 0 Å². The molecule has 0 saturated carbocycles. The van der Waals surface area contributed by atoms with Gasteiger partial charge in [0.15, 0.2) is 5.03 Å². The van der Waals surface area contributed by atoms with Crippen LogP contribution in [0.3, 0.4) is 0 Å². The lowest BCUT2D eigenvalue weighted by Crippen LogP contribution is -2.15. The molecule has 0 aliphatic rings. The standard InChI is InChI=1S/C12H8Br2N2O4S/c13-8-2-3-9(14)10(5-8)16-21(19,20)11-4-1-7(6-15-11)12(17)18/h1-6,16H,(H,17,18). The minimum atomic E-state index is -3.90. The highest BCUT2D eigenvalue weighted by molar-refractivity contribution is 9.11. The molecule has 2 aromatic rings. The molecule has 0 atom stereocenters. The smallest absolute Gasteiger partial charge is 0.337 e. The third-order valence-corrected chi connectivity index (χ3v) is 4.90. The second-order valence-corrected chi connectivity index (χ2v) is 7.32. The molecule has 2 rings (SSSR count). The SMILES string of the molecule is O=C(O)c1ccc(S(=O)(=O)Nc2cc(Br)ccc2Br)nc1. The summed E-state index contributed by atoms with van der Waals surface area (Å²) in [6, 6.07) is 7.34. The van der Waals surface area contributed by atoms with Gasteiger partial charge < -0.3 is 5.11 Å². The second kappa shape index (κ2) is 6.12. The van der Waals surface area contributed by atoms with Crippen LogP contribution in [0.4, 0.5) is 5.69 Å². The Bertz CT molecular complexity index is 791. The molecule has 21 heavy (non-hydrogen) atoms. The van der Waals surface area contributed by atoms with E-state index in [0.717, 1.165) is 12.3 Å². The van der Waals surface area contributed by atoms with Gasteiger partial charge in [0.1, 0.15) is 0 Å². The third kappa shape index (κ3) is 3.80. The summed E-state index contributed by atoms with van der Waals surface area (Å²) in [7, 11) is -3.90. The fourth-order valence-electron chi connectivity index (χ4n) is 1.44. The zero-order valence-corrected chi connectivity index (χ0v) is 14.2. The van der Waals surface area contributed by atoms with E-state index < -0.39 is 16.0 Å². The lowest BCUT2D eigenvalue weighted by molar-refractivity contribution is 0.0696. The highest BCUT2D eigenvalue weighted by atomic mass is 79.9. The maximum Gasteiger partial charge on any atom is 0.337 e. The predicted octanol–water partition coefficient (Wildman–Crippen LogP) is 3.11. The quantitative estimate of drug-likeness (QED) is 0.768. The number of sulfonamides is 1. The molecule has 1 aromatic carbocycles. The van der Waals surface area contributed by atoms with E-state index in [4.69, 9.17) is 5.11 Å². The number of carbonyl (C=O) groups is 1. The molecular weight excluding hydrogens is 428 g/mol. The Balaban J connectivity index is 2.34. The summed E-state index contributed by atoms with van der Waals surface area (Å²) in [5, 5.41) is 8.50. The number of aromatic carboxylic acids is 1. The Morgan fingerprint density at radius 1 is 1.19 bits per heavy atom. The van der Waals surface area contributed by atoms with Crippen LogP contribution in [-0.4, -0.2) is 24.5 Å². The summed E-state index contributed by atoms with van der Waals surface area (Å²) < 4.78 is 28.0. The Labute approximate surface area is 137 Å². The summed E-state index contributed by atoms with van der Waals surface area (Å²) in [6.45, 7) is 0.